The zero-order valence-corrected chi connectivity index (χ0v) is 22.8. The molecule has 1 aliphatic rings. The summed E-state index contributed by atoms with van der Waals surface area (Å²) in [5.74, 6) is 0.691. The molecule has 0 saturated carbocycles. The molecule has 0 spiro atoms. The van der Waals surface area contributed by atoms with E-state index >= 15 is 0 Å². The minimum Gasteiger partial charge on any atom is -0.490 e. The maximum Gasteiger partial charge on any atom is 0.295 e. The van der Waals surface area contributed by atoms with Gasteiger partial charge in [-0.1, -0.05) is 66.2 Å². The van der Waals surface area contributed by atoms with E-state index in [1.54, 1.807) is 35.2 Å². The molecule has 0 fully saturated rings. The summed E-state index contributed by atoms with van der Waals surface area (Å²) >= 11 is 6.47. The van der Waals surface area contributed by atoms with Gasteiger partial charge in [-0.3, -0.25) is 14.5 Å². The Morgan fingerprint density at radius 1 is 0.875 bits per heavy atom. The van der Waals surface area contributed by atoms with Crippen molar-refractivity contribution in [3.8, 4) is 11.5 Å². The normalized spacial score (nSPS) is 14.4. The minimum atomic E-state index is -0.760. The lowest BCUT2D eigenvalue weighted by atomic mass is 9.97. The second-order valence-electron chi connectivity index (χ2n) is 9.59. The van der Waals surface area contributed by atoms with Crippen molar-refractivity contribution in [2.75, 3.05) is 11.5 Å². The van der Waals surface area contributed by atoms with E-state index in [1.807, 2.05) is 74.5 Å². The molecule has 6 nitrogen and oxygen atoms in total. The lowest BCUT2D eigenvalue weighted by Gasteiger charge is -2.26. The van der Waals surface area contributed by atoms with E-state index in [4.69, 9.17) is 25.5 Å². The average molecular weight is 552 g/mol. The number of aryl methyl sites for hydroxylation is 1. The molecule has 0 bridgehead atoms. The first-order chi connectivity index (χ1) is 19.5. The molecule has 2 heterocycles. The van der Waals surface area contributed by atoms with Crippen LogP contribution in [0.1, 0.15) is 45.8 Å². The lowest BCUT2D eigenvalue weighted by molar-refractivity contribution is 0.0971. The van der Waals surface area contributed by atoms with Crippen molar-refractivity contribution in [3.63, 3.8) is 0 Å². The summed E-state index contributed by atoms with van der Waals surface area (Å²) in [5.41, 5.74) is 3.53. The quantitative estimate of drug-likeness (QED) is 0.210. The summed E-state index contributed by atoms with van der Waals surface area (Å²) in [6, 6.07) is 26.9. The van der Waals surface area contributed by atoms with Gasteiger partial charge in [-0.2, -0.15) is 0 Å². The first-order valence-electron chi connectivity index (χ1n) is 13.0. The minimum absolute atomic E-state index is 0.0211. The Labute approximate surface area is 236 Å². The molecule has 1 aromatic heterocycles. The topological polar surface area (TPSA) is 69.0 Å². The SMILES string of the molecule is CCOc1cc(C2c3c(oc4ccccc4c3=O)C(=O)N2c2ccc(C)c(Cl)c2)ccc1OCc1ccccc1. The number of nitrogens with zero attached hydrogens (tertiary/aromatic N) is 1. The molecule has 1 unspecified atom stereocenters. The van der Waals surface area contributed by atoms with Gasteiger partial charge in [-0.25, -0.2) is 0 Å². The van der Waals surface area contributed by atoms with Gasteiger partial charge in [-0.15, -0.1) is 0 Å². The van der Waals surface area contributed by atoms with Gasteiger partial charge in [0.15, 0.2) is 16.9 Å². The fraction of sp³-hybridized carbons (Fsp3) is 0.152. The molecule has 7 heteroatoms. The van der Waals surface area contributed by atoms with Crippen LogP contribution in [0.15, 0.2) is 100 Å². The van der Waals surface area contributed by atoms with E-state index in [0.29, 0.717) is 52.0 Å². The van der Waals surface area contributed by atoms with Gasteiger partial charge in [0.1, 0.15) is 12.2 Å². The number of hydrogen-bond acceptors (Lipinski definition) is 5. The lowest BCUT2D eigenvalue weighted by Crippen LogP contribution is -2.29. The van der Waals surface area contributed by atoms with Gasteiger partial charge < -0.3 is 13.9 Å². The van der Waals surface area contributed by atoms with Crippen LogP contribution in [-0.2, 0) is 6.61 Å². The van der Waals surface area contributed by atoms with Gasteiger partial charge in [0.25, 0.3) is 5.91 Å². The fourth-order valence-electron chi connectivity index (χ4n) is 5.05. The van der Waals surface area contributed by atoms with Crippen LogP contribution < -0.4 is 19.8 Å². The molecule has 0 aliphatic carbocycles. The predicted molar refractivity (Wildman–Crippen MR) is 156 cm³/mol. The summed E-state index contributed by atoms with van der Waals surface area (Å²) in [6.45, 7) is 4.57. The number of fused-ring (bicyclic) bond motifs is 2. The highest BCUT2D eigenvalue weighted by atomic mass is 35.5. The fourth-order valence-corrected chi connectivity index (χ4v) is 5.23. The second kappa shape index (κ2) is 10.5. The maximum atomic E-state index is 13.9. The highest BCUT2D eigenvalue weighted by Gasteiger charge is 2.44. The van der Waals surface area contributed by atoms with Crippen LogP contribution in [0.3, 0.4) is 0 Å². The number of carbonyl (C=O) groups is 1. The Morgan fingerprint density at radius 2 is 1.65 bits per heavy atom. The third kappa shape index (κ3) is 4.50. The van der Waals surface area contributed by atoms with Crippen molar-refractivity contribution >= 4 is 34.2 Å². The highest BCUT2D eigenvalue weighted by molar-refractivity contribution is 6.31. The number of halogens is 1. The van der Waals surface area contributed by atoms with Crippen LogP contribution in [0.2, 0.25) is 5.02 Å². The highest BCUT2D eigenvalue weighted by Crippen LogP contribution is 2.44. The molecule has 0 N–H and O–H groups in total. The molecule has 5 aromatic rings. The molecule has 1 amide bonds. The molecule has 4 aromatic carbocycles. The van der Waals surface area contributed by atoms with Crippen LogP contribution in [0.5, 0.6) is 11.5 Å². The summed E-state index contributed by atoms with van der Waals surface area (Å²) < 4.78 is 18.1. The van der Waals surface area contributed by atoms with Gasteiger partial charge >= 0.3 is 0 Å². The molecule has 200 valence electrons. The molecule has 0 saturated heterocycles. The Bertz CT molecular complexity index is 1800. The van der Waals surface area contributed by atoms with Crippen molar-refractivity contribution in [2.45, 2.75) is 26.5 Å². The largest absolute Gasteiger partial charge is 0.490 e. The average Bonchev–Trinajstić information content (AvgIpc) is 3.27. The number of hydrogen-bond donors (Lipinski definition) is 0. The molecule has 1 atom stereocenters. The first-order valence-corrected chi connectivity index (χ1v) is 13.4. The van der Waals surface area contributed by atoms with Gasteiger partial charge in [0.05, 0.1) is 23.6 Å². The van der Waals surface area contributed by atoms with Gasteiger partial charge in [0.2, 0.25) is 5.76 Å². The van der Waals surface area contributed by atoms with Gasteiger partial charge in [-0.05, 0) is 66.9 Å². The Balaban J connectivity index is 1.50. The van der Waals surface area contributed by atoms with Crippen molar-refractivity contribution < 1.29 is 18.7 Å². The molecule has 40 heavy (non-hydrogen) atoms. The van der Waals surface area contributed by atoms with Crippen LogP contribution in [-0.4, -0.2) is 12.5 Å². The molecule has 0 radical (unpaired) electrons. The monoisotopic (exact) mass is 551 g/mol. The predicted octanol–water partition coefficient (Wildman–Crippen LogP) is 7.48. The summed E-state index contributed by atoms with van der Waals surface area (Å²) in [5, 5.41) is 0.930. The summed E-state index contributed by atoms with van der Waals surface area (Å²) in [6.07, 6.45) is 0. The van der Waals surface area contributed by atoms with Crippen molar-refractivity contribution in [1.82, 2.24) is 0 Å². The van der Waals surface area contributed by atoms with Gasteiger partial charge in [0, 0.05) is 10.7 Å². The Morgan fingerprint density at radius 3 is 2.42 bits per heavy atom. The smallest absolute Gasteiger partial charge is 0.295 e. The van der Waals surface area contributed by atoms with Crippen LogP contribution >= 0.6 is 11.6 Å². The molecule has 6 rings (SSSR count). The Hall–Kier alpha value is -4.55. The number of amides is 1. The summed E-state index contributed by atoms with van der Waals surface area (Å²) in [7, 11) is 0. The molecular weight excluding hydrogens is 526 g/mol. The van der Waals surface area contributed by atoms with E-state index in [2.05, 4.69) is 0 Å². The van der Waals surface area contributed by atoms with E-state index in [0.717, 1.165) is 11.1 Å². The van der Waals surface area contributed by atoms with Crippen LogP contribution in [0.4, 0.5) is 5.69 Å². The number of benzene rings is 4. The van der Waals surface area contributed by atoms with Crippen molar-refractivity contribution in [2.24, 2.45) is 0 Å². The van der Waals surface area contributed by atoms with E-state index in [9.17, 15) is 9.59 Å². The number of rotatable bonds is 7. The zero-order valence-electron chi connectivity index (χ0n) is 22.0. The number of carbonyl (C=O) groups excluding carboxylic acids is 1. The van der Waals surface area contributed by atoms with Crippen molar-refractivity contribution in [1.29, 1.82) is 0 Å². The van der Waals surface area contributed by atoms with E-state index in [-0.39, 0.29) is 16.8 Å². The van der Waals surface area contributed by atoms with E-state index in [1.165, 1.54) is 0 Å². The number of anilines is 1. The zero-order chi connectivity index (χ0) is 27.8. The molecule has 1 aliphatic heterocycles. The number of para-hydroxylation sites is 1. The first kappa shape index (κ1) is 25.7. The van der Waals surface area contributed by atoms with Crippen LogP contribution in [0.25, 0.3) is 11.0 Å². The van der Waals surface area contributed by atoms with Crippen molar-refractivity contribution in [3.05, 3.63) is 134 Å². The van der Waals surface area contributed by atoms with Crippen LogP contribution in [0, 0.1) is 6.92 Å². The Kier molecular flexibility index (Phi) is 6.78. The standard InChI is InChI=1S/C33H26ClNO5/c1-3-38-28-17-22(14-16-27(28)39-19-21-9-5-4-6-10-21)30-29-31(36)24-11-7-8-12-26(24)40-32(29)33(37)35(30)23-15-13-20(2)25(34)18-23/h4-18,30H,3,19H2,1-2H3. The van der Waals surface area contributed by atoms with E-state index < -0.39 is 11.9 Å². The number of ether oxygens (including phenoxy) is 2. The molecular formula is C33H26ClNO5. The summed E-state index contributed by atoms with van der Waals surface area (Å²) in [4.78, 5) is 29.3. The second-order valence-corrected chi connectivity index (χ2v) is 10.0. The maximum absolute atomic E-state index is 13.9. The third-order valence-electron chi connectivity index (χ3n) is 7.03. The third-order valence-corrected chi connectivity index (χ3v) is 7.44.